The molecule has 2 aliphatic rings. The lowest BCUT2D eigenvalue weighted by Crippen LogP contribution is -2.10. The van der Waals surface area contributed by atoms with E-state index in [4.69, 9.17) is 9.47 Å². The molecule has 4 heteroatoms. The van der Waals surface area contributed by atoms with Gasteiger partial charge in [0, 0.05) is 24.0 Å². The van der Waals surface area contributed by atoms with Crippen molar-refractivity contribution in [3.63, 3.8) is 0 Å². The van der Waals surface area contributed by atoms with Crippen molar-refractivity contribution in [3.8, 4) is 11.5 Å². The van der Waals surface area contributed by atoms with Crippen LogP contribution < -0.4 is 9.47 Å². The van der Waals surface area contributed by atoms with Gasteiger partial charge < -0.3 is 9.47 Å². The fourth-order valence-corrected chi connectivity index (χ4v) is 3.47. The number of methoxy groups -OCH3 is 2. The van der Waals surface area contributed by atoms with Gasteiger partial charge in [0.25, 0.3) is 0 Å². The van der Waals surface area contributed by atoms with Crippen molar-refractivity contribution in [1.29, 1.82) is 0 Å². The number of fused-ring (bicyclic) bond motifs is 2. The highest BCUT2D eigenvalue weighted by Gasteiger charge is 2.18. The molecule has 0 saturated carbocycles. The largest absolute Gasteiger partial charge is 0.497 e. The van der Waals surface area contributed by atoms with Crippen LogP contribution in [-0.4, -0.2) is 25.8 Å². The lowest BCUT2D eigenvalue weighted by Gasteiger charge is -2.14. The molecule has 0 fully saturated rings. The summed E-state index contributed by atoms with van der Waals surface area (Å²) >= 11 is 0. The van der Waals surface area contributed by atoms with Crippen LogP contribution in [0.1, 0.15) is 57.5 Å². The summed E-state index contributed by atoms with van der Waals surface area (Å²) in [5.74, 6) is 2.04. The molecule has 0 atom stereocenters. The molecular weight excluding hydrogens is 328 g/mol. The maximum Gasteiger partial charge on any atom is 0.163 e. The number of hydrogen-bond donors (Lipinski definition) is 0. The number of carbonyl (C=O) groups is 2. The van der Waals surface area contributed by atoms with E-state index in [-0.39, 0.29) is 11.6 Å². The maximum absolute atomic E-state index is 11.5. The Bertz CT molecular complexity index is 753. The molecule has 136 valence electrons. The molecular formula is C22H24O4. The third-order valence-electron chi connectivity index (χ3n) is 4.93. The van der Waals surface area contributed by atoms with Gasteiger partial charge in [-0.15, -0.1) is 0 Å². The second kappa shape index (κ2) is 8.17. The predicted octanol–water partition coefficient (Wildman–Crippen LogP) is 4.43. The topological polar surface area (TPSA) is 52.6 Å². The fraction of sp³-hybridized carbons (Fsp3) is 0.364. The molecule has 0 amide bonds. The Hall–Kier alpha value is -2.62. The number of ketones is 2. The molecule has 0 radical (unpaired) electrons. The lowest BCUT2D eigenvalue weighted by atomic mass is 9.91. The molecule has 0 bridgehead atoms. The van der Waals surface area contributed by atoms with Crippen molar-refractivity contribution >= 4 is 11.6 Å². The molecule has 26 heavy (non-hydrogen) atoms. The first kappa shape index (κ1) is 18.2. The van der Waals surface area contributed by atoms with Crippen LogP contribution >= 0.6 is 0 Å². The van der Waals surface area contributed by atoms with Crippen LogP contribution in [0.15, 0.2) is 36.4 Å². The van der Waals surface area contributed by atoms with Crippen molar-refractivity contribution in [1.82, 2.24) is 0 Å². The Morgan fingerprint density at radius 1 is 0.654 bits per heavy atom. The van der Waals surface area contributed by atoms with E-state index in [1.54, 1.807) is 14.2 Å². The Balaban J connectivity index is 0.000000151. The molecule has 0 N–H and O–H groups in total. The number of ether oxygens (including phenoxy) is 2. The van der Waals surface area contributed by atoms with E-state index in [0.717, 1.165) is 59.4 Å². The summed E-state index contributed by atoms with van der Waals surface area (Å²) < 4.78 is 10.2. The highest BCUT2D eigenvalue weighted by molar-refractivity contribution is 5.99. The van der Waals surface area contributed by atoms with E-state index in [1.807, 2.05) is 36.4 Å². The van der Waals surface area contributed by atoms with Crippen molar-refractivity contribution < 1.29 is 19.1 Å². The number of carbonyl (C=O) groups excluding carboxylic acids is 2. The van der Waals surface area contributed by atoms with Crippen LogP contribution in [0, 0.1) is 0 Å². The average Bonchev–Trinajstić information content (AvgIpc) is 2.69. The van der Waals surface area contributed by atoms with Crippen LogP contribution in [0.5, 0.6) is 11.5 Å². The van der Waals surface area contributed by atoms with E-state index in [9.17, 15) is 9.59 Å². The smallest absolute Gasteiger partial charge is 0.163 e. The Labute approximate surface area is 154 Å². The minimum Gasteiger partial charge on any atom is -0.497 e. The third-order valence-corrected chi connectivity index (χ3v) is 4.93. The van der Waals surface area contributed by atoms with Crippen LogP contribution in [0.3, 0.4) is 0 Å². The molecule has 0 saturated heterocycles. The molecule has 4 rings (SSSR count). The lowest BCUT2D eigenvalue weighted by molar-refractivity contribution is 0.0964. The summed E-state index contributed by atoms with van der Waals surface area (Å²) in [4.78, 5) is 23.0. The maximum atomic E-state index is 11.5. The Kier molecular flexibility index (Phi) is 5.71. The van der Waals surface area contributed by atoms with Crippen molar-refractivity contribution in [3.05, 3.63) is 58.7 Å². The van der Waals surface area contributed by atoms with Crippen LogP contribution in [0.2, 0.25) is 0 Å². The quantitative estimate of drug-likeness (QED) is 0.802. The molecule has 2 aromatic carbocycles. The highest BCUT2D eigenvalue weighted by atomic mass is 16.5. The number of rotatable bonds is 2. The summed E-state index contributed by atoms with van der Waals surface area (Å²) in [7, 11) is 3.24. The van der Waals surface area contributed by atoms with E-state index < -0.39 is 0 Å². The summed E-state index contributed by atoms with van der Waals surface area (Å²) in [5, 5.41) is 0. The minimum absolute atomic E-state index is 0.250. The molecule has 0 spiro atoms. The van der Waals surface area contributed by atoms with Crippen LogP contribution in [0.4, 0.5) is 0 Å². The van der Waals surface area contributed by atoms with E-state index >= 15 is 0 Å². The second-order valence-electron chi connectivity index (χ2n) is 6.60. The number of hydrogen-bond acceptors (Lipinski definition) is 4. The van der Waals surface area contributed by atoms with Gasteiger partial charge in [-0.3, -0.25) is 9.59 Å². The summed E-state index contributed by atoms with van der Waals surface area (Å²) in [6.07, 6.45) is 5.37. The second-order valence-corrected chi connectivity index (χ2v) is 6.60. The van der Waals surface area contributed by atoms with Gasteiger partial charge in [0.2, 0.25) is 0 Å². The monoisotopic (exact) mass is 352 g/mol. The van der Waals surface area contributed by atoms with Gasteiger partial charge in [0.05, 0.1) is 14.2 Å². The van der Waals surface area contributed by atoms with Gasteiger partial charge in [-0.25, -0.2) is 0 Å². The molecule has 2 aliphatic carbocycles. The van der Waals surface area contributed by atoms with E-state index in [0.29, 0.717) is 12.8 Å². The van der Waals surface area contributed by atoms with E-state index in [2.05, 4.69) is 0 Å². The zero-order valence-corrected chi connectivity index (χ0v) is 15.3. The van der Waals surface area contributed by atoms with Gasteiger partial charge in [0.1, 0.15) is 11.5 Å². The number of benzene rings is 2. The zero-order valence-electron chi connectivity index (χ0n) is 15.3. The van der Waals surface area contributed by atoms with Crippen molar-refractivity contribution in [2.45, 2.75) is 38.5 Å². The van der Waals surface area contributed by atoms with Gasteiger partial charge in [0.15, 0.2) is 11.6 Å². The molecule has 0 unspecified atom stereocenters. The molecule has 2 aromatic rings. The fourth-order valence-electron chi connectivity index (χ4n) is 3.47. The molecule has 0 heterocycles. The Morgan fingerprint density at radius 3 is 1.46 bits per heavy atom. The van der Waals surface area contributed by atoms with Gasteiger partial charge in [-0.05, 0) is 61.1 Å². The zero-order chi connectivity index (χ0) is 18.5. The first-order valence-electron chi connectivity index (χ1n) is 9.02. The molecule has 0 aromatic heterocycles. The first-order chi connectivity index (χ1) is 12.6. The SMILES string of the molecule is COc1ccc2c(c1)C(=O)CCC2.COc1ccc2c(c1)C(=O)CCC2. The number of Topliss-reactive ketones (excluding diaryl/α,β-unsaturated/α-hetero) is 2. The average molecular weight is 352 g/mol. The van der Waals surface area contributed by atoms with Gasteiger partial charge in [-0.1, -0.05) is 12.1 Å². The standard InChI is InChI=1S/2C11H12O2/c2*1-13-9-6-5-8-3-2-4-11(12)10(8)7-9/h2*5-7H,2-4H2,1H3. The summed E-state index contributed by atoms with van der Waals surface area (Å²) in [6.45, 7) is 0. The number of aryl methyl sites for hydroxylation is 2. The summed E-state index contributed by atoms with van der Waals surface area (Å²) in [5.41, 5.74) is 4.03. The van der Waals surface area contributed by atoms with Crippen LogP contribution in [-0.2, 0) is 12.8 Å². The molecule has 0 aliphatic heterocycles. The molecule has 4 nitrogen and oxygen atoms in total. The third kappa shape index (κ3) is 3.96. The first-order valence-corrected chi connectivity index (χ1v) is 9.02. The van der Waals surface area contributed by atoms with Gasteiger partial charge in [-0.2, -0.15) is 0 Å². The normalized spacial score (nSPS) is 15.3. The summed E-state index contributed by atoms with van der Waals surface area (Å²) in [6, 6.07) is 11.5. The van der Waals surface area contributed by atoms with Crippen molar-refractivity contribution in [2.24, 2.45) is 0 Å². The van der Waals surface area contributed by atoms with Crippen molar-refractivity contribution in [2.75, 3.05) is 14.2 Å². The Morgan fingerprint density at radius 2 is 1.08 bits per heavy atom. The van der Waals surface area contributed by atoms with E-state index in [1.165, 1.54) is 0 Å². The predicted molar refractivity (Wildman–Crippen MR) is 101 cm³/mol. The van der Waals surface area contributed by atoms with Gasteiger partial charge >= 0.3 is 0 Å². The highest BCUT2D eigenvalue weighted by Crippen LogP contribution is 2.26. The minimum atomic E-state index is 0.250. The van der Waals surface area contributed by atoms with Crippen LogP contribution in [0.25, 0.3) is 0 Å².